The van der Waals surface area contributed by atoms with Gasteiger partial charge in [-0.2, -0.15) is 5.10 Å². The third-order valence-corrected chi connectivity index (χ3v) is 5.43. The second-order valence-corrected chi connectivity index (χ2v) is 7.74. The highest BCUT2D eigenvalue weighted by molar-refractivity contribution is 6.37. The Bertz CT molecular complexity index is 1220. The number of benzene rings is 1. The Balaban J connectivity index is 1.83. The quantitative estimate of drug-likeness (QED) is 0.458. The first-order valence-electron chi connectivity index (χ1n) is 9.98. The van der Waals surface area contributed by atoms with Crippen molar-refractivity contribution in [3.8, 4) is 16.9 Å². The standard InChI is InChI=1S/C23H24ClN5O2/c1-15-9-17(11-18(10-15)31-3)29(7-4-8-30)21-6-5-20-23(27-21)22(24)19(13-25-20)16-12-26-28(2)14-16/h5-6,9-14,30H,4,7-8H2,1-3H3. The van der Waals surface area contributed by atoms with Crippen molar-refractivity contribution >= 4 is 34.1 Å². The number of aliphatic hydroxyl groups is 1. The third-order valence-electron chi connectivity index (χ3n) is 5.05. The molecule has 0 bridgehead atoms. The number of aromatic nitrogens is 4. The van der Waals surface area contributed by atoms with E-state index in [-0.39, 0.29) is 6.61 Å². The number of aliphatic hydroxyl groups excluding tert-OH is 1. The number of methoxy groups -OCH3 is 1. The molecule has 0 spiro atoms. The first-order chi connectivity index (χ1) is 15.0. The fourth-order valence-corrected chi connectivity index (χ4v) is 3.84. The molecule has 0 aliphatic carbocycles. The molecule has 31 heavy (non-hydrogen) atoms. The number of halogens is 1. The van der Waals surface area contributed by atoms with Gasteiger partial charge in [-0.1, -0.05) is 11.6 Å². The Hall–Kier alpha value is -3.16. The number of aryl methyl sites for hydroxylation is 2. The molecule has 0 atom stereocenters. The summed E-state index contributed by atoms with van der Waals surface area (Å²) in [5.74, 6) is 1.49. The van der Waals surface area contributed by atoms with Crippen LogP contribution >= 0.6 is 11.6 Å². The Labute approximate surface area is 185 Å². The maximum absolute atomic E-state index is 9.43. The summed E-state index contributed by atoms with van der Waals surface area (Å²) in [6.07, 6.45) is 5.99. The van der Waals surface area contributed by atoms with Crippen LogP contribution in [0.1, 0.15) is 12.0 Å². The second-order valence-electron chi connectivity index (χ2n) is 7.36. The van der Waals surface area contributed by atoms with Gasteiger partial charge < -0.3 is 14.7 Å². The van der Waals surface area contributed by atoms with Crippen LogP contribution in [0.25, 0.3) is 22.2 Å². The highest BCUT2D eigenvalue weighted by Gasteiger charge is 2.16. The zero-order chi connectivity index (χ0) is 22.0. The first-order valence-corrected chi connectivity index (χ1v) is 10.4. The molecule has 1 N–H and O–H groups in total. The second kappa shape index (κ2) is 8.91. The molecule has 0 saturated carbocycles. The van der Waals surface area contributed by atoms with E-state index in [1.807, 2.05) is 44.4 Å². The maximum Gasteiger partial charge on any atom is 0.133 e. The van der Waals surface area contributed by atoms with Crippen LogP contribution in [-0.2, 0) is 7.05 Å². The SMILES string of the molecule is COc1cc(C)cc(N(CCCO)c2ccc3ncc(-c4cnn(C)c4)c(Cl)c3n2)c1. The minimum absolute atomic E-state index is 0.0838. The maximum atomic E-state index is 9.43. The van der Waals surface area contributed by atoms with Gasteiger partial charge in [-0.3, -0.25) is 9.67 Å². The zero-order valence-corrected chi connectivity index (χ0v) is 18.5. The molecule has 0 aliphatic rings. The number of anilines is 2. The molecule has 7 nitrogen and oxygen atoms in total. The summed E-state index contributed by atoms with van der Waals surface area (Å²) < 4.78 is 7.17. The molecule has 3 heterocycles. The molecule has 0 fully saturated rings. The van der Waals surface area contributed by atoms with Crippen molar-refractivity contribution < 1.29 is 9.84 Å². The number of hydrogen-bond donors (Lipinski definition) is 1. The largest absolute Gasteiger partial charge is 0.497 e. The summed E-state index contributed by atoms with van der Waals surface area (Å²) in [6, 6.07) is 9.83. The highest BCUT2D eigenvalue weighted by atomic mass is 35.5. The molecule has 0 saturated heterocycles. The van der Waals surface area contributed by atoms with Gasteiger partial charge in [0.15, 0.2) is 0 Å². The molecule has 0 unspecified atom stereocenters. The predicted molar refractivity (Wildman–Crippen MR) is 123 cm³/mol. The Morgan fingerprint density at radius 3 is 2.74 bits per heavy atom. The van der Waals surface area contributed by atoms with Crippen LogP contribution in [0.4, 0.5) is 11.5 Å². The van der Waals surface area contributed by atoms with E-state index >= 15 is 0 Å². The van der Waals surface area contributed by atoms with Crippen molar-refractivity contribution in [1.29, 1.82) is 0 Å². The summed E-state index contributed by atoms with van der Waals surface area (Å²) in [5.41, 5.74) is 5.01. The van der Waals surface area contributed by atoms with Crippen LogP contribution in [-0.4, -0.2) is 45.1 Å². The molecule has 0 amide bonds. The van der Waals surface area contributed by atoms with Crippen LogP contribution < -0.4 is 9.64 Å². The lowest BCUT2D eigenvalue weighted by Crippen LogP contribution is -2.20. The van der Waals surface area contributed by atoms with E-state index in [4.69, 9.17) is 21.3 Å². The van der Waals surface area contributed by atoms with Crippen LogP contribution in [0, 0.1) is 6.92 Å². The van der Waals surface area contributed by atoms with Gasteiger partial charge in [-0.25, -0.2) is 4.98 Å². The van der Waals surface area contributed by atoms with Gasteiger partial charge in [0.2, 0.25) is 0 Å². The first kappa shape index (κ1) is 21.1. The van der Waals surface area contributed by atoms with Crippen molar-refractivity contribution in [1.82, 2.24) is 19.7 Å². The van der Waals surface area contributed by atoms with Crippen LogP contribution in [0.2, 0.25) is 5.02 Å². The van der Waals surface area contributed by atoms with E-state index in [0.29, 0.717) is 29.0 Å². The minimum atomic E-state index is 0.0838. The van der Waals surface area contributed by atoms with Crippen molar-refractivity contribution in [2.75, 3.05) is 25.2 Å². The van der Waals surface area contributed by atoms with Crippen molar-refractivity contribution in [2.24, 2.45) is 7.05 Å². The summed E-state index contributed by atoms with van der Waals surface area (Å²) >= 11 is 6.77. The number of ether oxygens (including phenoxy) is 1. The number of nitrogens with zero attached hydrogens (tertiary/aromatic N) is 5. The Morgan fingerprint density at radius 2 is 2.03 bits per heavy atom. The van der Waals surface area contributed by atoms with E-state index in [1.165, 1.54) is 0 Å². The third kappa shape index (κ3) is 4.33. The lowest BCUT2D eigenvalue weighted by molar-refractivity contribution is 0.290. The lowest BCUT2D eigenvalue weighted by Gasteiger charge is -2.25. The number of fused-ring (bicyclic) bond motifs is 1. The van der Waals surface area contributed by atoms with E-state index in [2.05, 4.69) is 21.0 Å². The minimum Gasteiger partial charge on any atom is -0.497 e. The molecule has 1 aromatic carbocycles. The molecule has 3 aromatic heterocycles. The normalized spacial score (nSPS) is 11.1. The molecule has 8 heteroatoms. The van der Waals surface area contributed by atoms with Crippen LogP contribution in [0.5, 0.6) is 5.75 Å². The fraction of sp³-hybridized carbons (Fsp3) is 0.261. The zero-order valence-electron chi connectivity index (χ0n) is 17.7. The molecule has 4 rings (SSSR count). The van der Waals surface area contributed by atoms with E-state index < -0.39 is 0 Å². The van der Waals surface area contributed by atoms with E-state index in [1.54, 1.807) is 24.2 Å². The number of pyridine rings is 2. The number of rotatable bonds is 7. The Kier molecular flexibility index (Phi) is 6.06. The predicted octanol–water partition coefficient (Wildman–Crippen LogP) is 4.52. The average Bonchev–Trinajstić information content (AvgIpc) is 3.20. The molecular weight excluding hydrogens is 414 g/mol. The Morgan fingerprint density at radius 1 is 1.19 bits per heavy atom. The average molecular weight is 438 g/mol. The monoisotopic (exact) mass is 437 g/mol. The summed E-state index contributed by atoms with van der Waals surface area (Å²) in [7, 11) is 3.51. The molecule has 160 valence electrons. The topological polar surface area (TPSA) is 76.3 Å². The van der Waals surface area contributed by atoms with Gasteiger partial charge in [0.25, 0.3) is 0 Å². The van der Waals surface area contributed by atoms with Crippen molar-refractivity contribution in [2.45, 2.75) is 13.3 Å². The molecule has 0 aliphatic heterocycles. The highest BCUT2D eigenvalue weighted by Crippen LogP contribution is 2.35. The van der Waals surface area contributed by atoms with Crippen LogP contribution in [0.3, 0.4) is 0 Å². The van der Waals surface area contributed by atoms with Gasteiger partial charge in [-0.05, 0) is 43.2 Å². The lowest BCUT2D eigenvalue weighted by atomic mass is 10.1. The molecular formula is C23H24ClN5O2. The number of hydrogen-bond acceptors (Lipinski definition) is 6. The molecule has 0 radical (unpaired) electrons. The van der Waals surface area contributed by atoms with Crippen molar-refractivity contribution in [3.05, 3.63) is 59.5 Å². The van der Waals surface area contributed by atoms with Gasteiger partial charge in [0.05, 0.1) is 23.8 Å². The van der Waals surface area contributed by atoms with Gasteiger partial charge >= 0.3 is 0 Å². The van der Waals surface area contributed by atoms with Crippen LogP contribution in [0.15, 0.2) is 48.9 Å². The van der Waals surface area contributed by atoms with Gasteiger partial charge in [-0.15, -0.1) is 0 Å². The summed E-state index contributed by atoms with van der Waals surface area (Å²) in [4.78, 5) is 11.5. The van der Waals surface area contributed by atoms with Gasteiger partial charge in [0, 0.05) is 55.5 Å². The fourth-order valence-electron chi connectivity index (χ4n) is 3.54. The van der Waals surface area contributed by atoms with Crippen molar-refractivity contribution in [3.63, 3.8) is 0 Å². The molecule has 4 aromatic rings. The van der Waals surface area contributed by atoms with Gasteiger partial charge in [0.1, 0.15) is 17.1 Å². The van der Waals surface area contributed by atoms with E-state index in [9.17, 15) is 5.11 Å². The smallest absolute Gasteiger partial charge is 0.133 e. The van der Waals surface area contributed by atoms with E-state index in [0.717, 1.165) is 33.9 Å². The summed E-state index contributed by atoms with van der Waals surface area (Å²) in [5, 5.41) is 14.2. The summed E-state index contributed by atoms with van der Waals surface area (Å²) in [6.45, 7) is 2.69.